The molecule has 6 nitrogen and oxygen atoms in total. The number of hydrogen-bond acceptors (Lipinski definition) is 4. The average molecular weight is 346 g/mol. The van der Waals surface area contributed by atoms with Gasteiger partial charge in [-0.2, -0.15) is 0 Å². The molecule has 1 heterocycles. The first-order chi connectivity index (χ1) is 11.5. The number of thiazole rings is 1. The van der Waals surface area contributed by atoms with E-state index in [1.54, 1.807) is 35.4 Å². The normalized spacial score (nSPS) is 11.6. The van der Waals surface area contributed by atoms with Crippen molar-refractivity contribution < 1.29 is 9.59 Å². The van der Waals surface area contributed by atoms with Gasteiger partial charge in [0.05, 0.1) is 6.04 Å². The maximum Gasteiger partial charge on any atom is 0.319 e. The van der Waals surface area contributed by atoms with Crippen molar-refractivity contribution in [3.05, 3.63) is 46.4 Å². The Bertz CT molecular complexity index is 684. The number of urea groups is 1. The van der Waals surface area contributed by atoms with E-state index in [4.69, 9.17) is 0 Å². The third-order valence-electron chi connectivity index (χ3n) is 3.59. The van der Waals surface area contributed by atoms with Gasteiger partial charge in [-0.1, -0.05) is 6.07 Å². The van der Waals surface area contributed by atoms with Crippen LogP contribution in [0.4, 0.5) is 10.5 Å². The number of anilines is 1. The van der Waals surface area contributed by atoms with Gasteiger partial charge < -0.3 is 15.5 Å². The molecule has 128 valence electrons. The Morgan fingerprint density at radius 3 is 2.67 bits per heavy atom. The van der Waals surface area contributed by atoms with Gasteiger partial charge in [0.2, 0.25) is 0 Å². The quantitative estimate of drug-likeness (QED) is 0.840. The van der Waals surface area contributed by atoms with Crippen molar-refractivity contribution in [3.8, 4) is 0 Å². The number of hydrogen-bond donors (Lipinski definition) is 2. The minimum absolute atomic E-state index is 0.0415. The molecule has 2 rings (SSSR count). The zero-order valence-electron chi connectivity index (χ0n) is 14.1. The lowest BCUT2D eigenvalue weighted by Crippen LogP contribution is -2.32. The minimum atomic E-state index is -0.329. The van der Waals surface area contributed by atoms with E-state index >= 15 is 0 Å². The molecule has 0 aliphatic heterocycles. The summed E-state index contributed by atoms with van der Waals surface area (Å²) in [6, 6.07) is 6.45. The second-order valence-corrected chi connectivity index (χ2v) is 6.17. The van der Waals surface area contributed by atoms with Gasteiger partial charge in [0.25, 0.3) is 5.91 Å². The van der Waals surface area contributed by atoms with Gasteiger partial charge >= 0.3 is 6.03 Å². The Morgan fingerprint density at radius 2 is 2.04 bits per heavy atom. The highest BCUT2D eigenvalue weighted by atomic mass is 32.1. The summed E-state index contributed by atoms with van der Waals surface area (Å²) in [7, 11) is 0. The first-order valence-corrected chi connectivity index (χ1v) is 8.79. The van der Waals surface area contributed by atoms with E-state index in [0.29, 0.717) is 24.3 Å². The highest BCUT2D eigenvalue weighted by molar-refractivity contribution is 7.09. The lowest BCUT2D eigenvalue weighted by Gasteiger charge is -2.19. The number of nitrogens with one attached hydrogen (secondary N) is 2. The molecule has 1 aromatic carbocycles. The highest BCUT2D eigenvalue weighted by Gasteiger charge is 2.14. The molecule has 0 fully saturated rings. The highest BCUT2D eigenvalue weighted by Crippen LogP contribution is 2.16. The Hall–Kier alpha value is -2.41. The predicted octanol–water partition coefficient (Wildman–Crippen LogP) is 3.51. The maximum absolute atomic E-state index is 12.4. The van der Waals surface area contributed by atoms with Crippen LogP contribution in [-0.4, -0.2) is 34.9 Å². The standard InChI is InChI=1S/C17H22N4O2S/c1-4-21(5-2)16(22)13-7-6-8-14(11-13)20-17(23)19-12(3)15-18-9-10-24-15/h6-12H,4-5H2,1-3H3,(H2,19,20,23)/t12-/m1/s1. The summed E-state index contributed by atoms with van der Waals surface area (Å²) < 4.78 is 0. The van der Waals surface area contributed by atoms with E-state index in [0.717, 1.165) is 5.01 Å². The number of carbonyl (C=O) groups is 2. The molecule has 0 unspecified atom stereocenters. The van der Waals surface area contributed by atoms with Crippen LogP contribution in [0.1, 0.15) is 42.2 Å². The summed E-state index contributed by atoms with van der Waals surface area (Å²) >= 11 is 1.49. The van der Waals surface area contributed by atoms with E-state index in [2.05, 4.69) is 15.6 Å². The van der Waals surface area contributed by atoms with Gasteiger partial charge in [-0.25, -0.2) is 9.78 Å². The third-order valence-corrected chi connectivity index (χ3v) is 4.55. The molecule has 2 N–H and O–H groups in total. The number of nitrogens with zero attached hydrogens (tertiary/aromatic N) is 2. The van der Waals surface area contributed by atoms with E-state index in [9.17, 15) is 9.59 Å². The summed E-state index contributed by atoms with van der Waals surface area (Å²) in [5, 5.41) is 8.30. The Labute approximate surface area is 145 Å². The average Bonchev–Trinajstić information content (AvgIpc) is 3.10. The molecule has 1 atom stereocenters. The molecule has 0 saturated heterocycles. The zero-order valence-corrected chi connectivity index (χ0v) is 14.9. The van der Waals surface area contributed by atoms with E-state index in [1.807, 2.05) is 26.2 Å². The molecular weight excluding hydrogens is 324 g/mol. The SMILES string of the molecule is CCN(CC)C(=O)c1cccc(NC(=O)N[C@H](C)c2nccs2)c1. The number of rotatable bonds is 6. The summed E-state index contributed by atoms with van der Waals surface area (Å²) in [6.07, 6.45) is 1.71. The van der Waals surface area contributed by atoms with E-state index in [1.165, 1.54) is 11.3 Å². The van der Waals surface area contributed by atoms with Crippen molar-refractivity contribution in [3.63, 3.8) is 0 Å². The number of benzene rings is 1. The molecule has 0 aliphatic carbocycles. The lowest BCUT2D eigenvalue weighted by atomic mass is 10.1. The number of carbonyl (C=O) groups excluding carboxylic acids is 2. The monoisotopic (exact) mass is 346 g/mol. The Kier molecular flexibility index (Phi) is 6.31. The lowest BCUT2D eigenvalue weighted by molar-refractivity contribution is 0.0773. The molecule has 0 aliphatic rings. The second kappa shape index (κ2) is 8.44. The number of amides is 3. The summed E-state index contributed by atoms with van der Waals surface area (Å²) in [6.45, 7) is 7.06. The third kappa shape index (κ3) is 4.55. The fraction of sp³-hybridized carbons (Fsp3) is 0.353. The van der Waals surface area contributed by atoms with Crippen LogP contribution in [0.2, 0.25) is 0 Å². The molecule has 7 heteroatoms. The van der Waals surface area contributed by atoms with Gasteiger partial charge in [0, 0.05) is 35.9 Å². The van der Waals surface area contributed by atoms with E-state index < -0.39 is 0 Å². The summed E-state index contributed by atoms with van der Waals surface area (Å²) in [4.78, 5) is 30.4. The summed E-state index contributed by atoms with van der Waals surface area (Å²) in [5.41, 5.74) is 1.14. The van der Waals surface area contributed by atoms with Crippen molar-refractivity contribution >= 4 is 29.0 Å². The first-order valence-electron chi connectivity index (χ1n) is 7.91. The molecule has 3 amide bonds. The van der Waals surface area contributed by atoms with Crippen molar-refractivity contribution in [1.29, 1.82) is 0 Å². The maximum atomic E-state index is 12.4. The first kappa shape index (κ1) is 17.9. The fourth-order valence-electron chi connectivity index (χ4n) is 2.30. The van der Waals surface area contributed by atoms with Crippen LogP contribution in [0.5, 0.6) is 0 Å². The molecule has 0 saturated carbocycles. The van der Waals surface area contributed by atoms with Crippen LogP contribution < -0.4 is 10.6 Å². The summed E-state index contributed by atoms with van der Waals surface area (Å²) in [5.74, 6) is -0.0415. The van der Waals surface area contributed by atoms with Crippen LogP contribution in [-0.2, 0) is 0 Å². The molecule has 24 heavy (non-hydrogen) atoms. The zero-order chi connectivity index (χ0) is 17.5. The van der Waals surface area contributed by atoms with Crippen LogP contribution in [0.25, 0.3) is 0 Å². The van der Waals surface area contributed by atoms with Gasteiger partial charge in [0.1, 0.15) is 5.01 Å². The molecule has 2 aromatic rings. The topological polar surface area (TPSA) is 74.3 Å². The van der Waals surface area contributed by atoms with E-state index in [-0.39, 0.29) is 18.0 Å². The van der Waals surface area contributed by atoms with Crippen molar-refractivity contribution in [1.82, 2.24) is 15.2 Å². The molecule has 1 aromatic heterocycles. The molecule has 0 spiro atoms. The minimum Gasteiger partial charge on any atom is -0.339 e. The fourth-order valence-corrected chi connectivity index (χ4v) is 2.94. The van der Waals surface area contributed by atoms with Crippen LogP contribution >= 0.6 is 11.3 Å². The van der Waals surface area contributed by atoms with Crippen LogP contribution in [0.3, 0.4) is 0 Å². The molecule has 0 radical (unpaired) electrons. The Morgan fingerprint density at radius 1 is 1.29 bits per heavy atom. The van der Waals surface area contributed by atoms with Crippen LogP contribution in [0.15, 0.2) is 35.8 Å². The molecular formula is C17H22N4O2S. The molecule has 0 bridgehead atoms. The second-order valence-electron chi connectivity index (χ2n) is 5.25. The smallest absolute Gasteiger partial charge is 0.319 e. The van der Waals surface area contributed by atoms with Gasteiger partial charge in [-0.3, -0.25) is 4.79 Å². The van der Waals surface area contributed by atoms with Gasteiger partial charge in [-0.15, -0.1) is 11.3 Å². The predicted molar refractivity (Wildman–Crippen MR) is 96.4 cm³/mol. The Balaban J connectivity index is 2.01. The van der Waals surface area contributed by atoms with Gasteiger partial charge in [-0.05, 0) is 39.0 Å². The largest absolute Gasteiger partial charge is 0.339 e. The van der Waals surface area contributed by atoms with Crippen molar-refractivity contribution in [2.24, 2.45) is 0 Å². The van der Waals surface area contributed by atoms with Crippen molar-refractivity contribution in [2.45, 2.75) is 26.8 Å². The van der Waals surface area contributed by atoms with Crippen LogP contribution in [0, 0.1) is 0 Å². The van der Waals surface area contributed by atoms with Crippen molar-refractivity contribution in [2.75, 3.05) is 18.4 Å². The number of aromatic nitrogens is 1. The van der Waals surface area contributed by atoms with Gasteiger partial charge in [0.15, 0.2) is 0 Å².